The van der Waals surface area contributed by atoms with Crippen molar-refractivity contribution >= 4 is 38.6 Å². The highest BCUT2D eigenvalue weighted by molar-refractivity contribution is 9.10. The van der Waals surface area contributed by atoms with Gasteiger partial charge in [-0.1, -0.05) is 49.7 Å². The minimum Gasteiger partial charge on any atom is -0.481 e. The average molecular weight is 384 g/mol. The van der Waals surface area contributed by atoms with Crippen LogP contribution in [0.4, 0.5) is 0 Å². The lowest BCUT2D eigenvalue weighted by atomic mass is 10.0. The molecule has 0 saturated carbocycles. The molecule has 23 heavy (non-hydrogen) atoms. The Labute approximate surface area is 146 Å². The van der Waals surface area contributed by atoms with Gasteiger partial charge in [-0.05, 0) is 25.5 Å². The van der Waals surface area contributed by atoms with Crippen LogP contribution >= 0.6 is 15.9 Å². The Kier molecular flexibility index (Phi) is 10.2. The molecule has 2 N–H and O–H groups in total. The number of aromatic nitrogens is 1. The third-order valence-corrected chi connectivity index (χ3v) is 3.51. The van der Waals surface area contributed by atoms with Gasteiger partial charge in [0, 0.05) is 39.5 Å². The molecule has 0 saturated heterocycles. The van der Waals surface area contributed by atoms with E-state index in [1.165, 1.54) is 0 Å². The highest BCUT2D eigenvalue weighted by atomic mass is 79.9. The van der Waals surface area contributed by atoms with Crippen molar-refractivity contribution < 1.29 is 14.7 Å². The molecule has 0 bridgehead atoms. The van der Waals surface area contributed by atoms with E-state index < -0.39 is 5.97 Å². The number of ketones is 1. The quantitative estimate of drug-likeness (QED) is 0.647. The number of H-pyrrole nitrogens is 1. The van der Waals surface area contributed by atoms with Gasteiger partial charge in [0.1, 0.15) is 0 Å². The average Bonchev–Trinajstić information content (AvgIpc) is 2.85. The number of aromatic amines is 1. The summed E-state index contributed by atoms with van der Waals surface area (Å²) in [7, 11) is 0. The molecular formula is C18H26BrNO3. The van der Waals surface area contributed by atoms with E-state index in [9.17, 15) is 9.59 Å². The molecule has 2 rings (SSSR count). The first-order chi connectivity index (χ1) is 11.0. The number of hydrogen-bond donors (Lipinski definition) is 2. The number of hydrogen-bond acceptors (Lipinski definition) is 2. The fourth-order valence-corrected chi connectivity index (χ4v) is 2.55. The third-order valence-electron chi connectivity index (χ3n) is 3.02. The summed E-state index contributed by atoms with van der Waals surface area (Å²) in [5, 5.41) is 9.48. The smallest absolute Gasteiger partial charge is 0.303 e. The van der Waals surface area contributed by atoms with E-state index in [2.05, 4.69) is 20.9 Å². The number of rotatable bonds is 5. The summed E-state index contributed by atoms with van der Waals surface area (Å²) >= 11 is 3.39. The van der Waals surface area contributed by atoms with E-state index in [1.54, 1.807) is 0 Å². The maximum absolute atomic E-state index is 12.2. The topological polar surface area (TPSA) is 70.2 Å². The van der Waals surface area contributed by atoms with E-state index in [4.69, 9.17) is 5.11 Å². The van der Waals surface area contributed by atoms with Crippen LogP contribution in [0, 0.1) is 6.92 Å². The number of Topliss-reactive ketones (excluding diaryl/α,β-unsaturated/α-hetero) is 1. The van der Waals surface area contributed by atoms with Crippen LogP contribution in [0.3, 0.4) is 0 Å². The maximum atomic E-state index is 12.2. The van der Waals surface area contributed by atoms with Gasteiger partial charge >= 0.3 is 5.97 Å². The summed E-state index contributed by atoms with van der Waals surface area (Å²) in [4.78, 5) is 25.8. The molecule has 5 heteroatoms. The molecule has 0 unspecified atom stereocenters. The maximum Gasteiger partial charge on any atom is 0.303 e. The first-order valence-corrected chi connectivity index (χ1v) is 8.81. The molecule has 2 aromatic rings. The van der Waals surface area contributed by atoms with Crippen LogP contribution in [-0.2, 0) is 4.79 Å². The Morgan fingerprint density at radius 1 is 1.13 bits per heavy atom. The fraction of sp³-hybridized carbons (Fsp3) is 0.444. The van der Waals surface area contributed by atoms with E-state index >= 15 is 0 Å². The Hall–Kier alpha value is -1.62. The van der Waals surface area contributed by atoms with Crippen molar-refractivity contribution in [1.29, 1.82) is 0 Å². The van der Waals surface area contributed by atoms with Crippen LogP contribution in [-0.4, -0.2) is 21.8 Å². The second kappa shape index (κ2) is 11.0. The third kappa shape index (κ3) is 6.18. The van der Waals surface area contributed by atoms with Gasteiger partial charge in [-0.25, -0.2) is 0 Å². The van der Waals surface area contributed by atoms with Crippen LogP contribution in [0.5, 0.6) is 0 Å². The highest BCUT2D eigenvalue weighted by Gasteiger charge is 2.16. The van der Waals surface area contributed by atoms with Gasteiger partial charge in [0.2, 0.25) is 0 Å². The monoisotopic (exact) mass is 383 g/mol. The Balaban J connectivity index is 0.00000112. The van der Waals surface area contributed by atoms with Gasteiger partial charge in [-0.15, -0.1) is 0 Å². The SMILES string of the molecule is CC.CC.Cc1[nH]c2cc(Br)ccc2c1C(=O)CCCC(=O)O. The number of carbonyl (C=O) groups excluding carboxylic acids is 1. The van der Waals surface area contributed by atoms with Gasteiger partial charge in [0.15, 0.2) is 5.78 Å². The Morgan fingerprint density at radius 3 is 2.30 bits per heavy atom. The Bertz CT molecular complexity index is 647. The number of aryl methyl sites for hydroxylation is 1. The molecule has 1 aromatic carbocycles. The van der Waals surface area contributed by atoms with Crippen LogP contribution in [0.15, 0.2) is 22.7 Å². The van der Waals surface area contributed by atoms with Crippen molar-refractivity contribution in [1.82, 2.24) is 4.98 Å². The van der Waals surface area contributed by atoms with Crippen LogP contribution in [0.1, 0.15) is 63.0 Å². The van der Waals surface area contributed by atoms with Crippen LogP contribution < -0.4 is 0 Å². The van der Waals surface area contributed by atoms with E-state index in [-0.39, 0.29) is 18.6 Å². The molecule has 0 aliphatic carbocycles. The molecule has 0 aliphatic heterocycles. The highest BCUT2D eigenvalue weighted by Crippen LogP contribution is 2.26. The molecule has 0 radical (unpaired) electrons. The zero-order valence-electron chi connectivity index (χ0n) is 14.5. The normalized spacial score (nSPS) is 9.48. The number of aliphatic carboxylic acids is 1. The first kappa shape index (κ1) is 21.4. The predicted octanol–water partition coefficient (Wildman–Crippen LogP) is 5.73. The molecule has 4 nitrogen and oxygen atoms in total. The molecule has 0 aliphatic rings. The fourth-order valence-electron chi connectivity index (χ4n) is 2.19. The lowest BCUT2D eigenvalue weighted by molar-refractivity contribution is -0.137. The van der Waals surface area contributed by atoms with Crippen LogP contribution in [0.2, 0.25) is 0 Å². The first-order valence-electron chi connectivity index (χ1n) is 8.02. The molecular weight excluding hydrogens is 358 g/mol. The number of carboxylic acids is 1. The zero-order chi connectivity index (χ0) is 18.0. The lowest BCUT2D eigenvalue weighted by Crippen LogP contribution is -2.02. The van der Waals surface area contributed by atoms with E-state index in [0.29, 0.717) is 12.0 Å². The number of fused-ring (bicyclic) bond motifs is 1. The van der Waals surface area contributed by atoms with Gasteiger partial charge in [0.25, 0.3) is 0 Å². The van der Waals surface area contributed by atoms with Crippen molar-refractivity contribution in [2.75, 3.05) is 0 Å². The number of carboxylic acid groups (broad SMARTS) is 1. The van der Waals surface area contributed by atoms with Crippen molar-refractivity contribution in [3.8, 4) is 0 Å². The van der Waals surface area contributed by atoms with Gasteiger partial charge in [0.05, 0.1) is 0 Å². The minimum atomic E-state index is -0.868. The molecule has 0 fully saturated rings. The van der Waals surface area contributed by atoms with Gasteiger partial charge in [-0.2, -0.15) is 0 Å². The summed E-state index contributed by atoms with van der Waals surface area (Å²) < 4.78 is 0.950. The van der Waals surface area contributed by atoms with Crippen molar-refractivity contribution in [2.45, 2.75) is 53.9 Å². The summed E-state index contributed by atoms with van der Waals surface area (Å²) in [6.07, 6.45) is 0.658. The van der Waals surface area contributed by atoms with Gasteiger partial charge < -0.3 is 10.1 Å². The van der Waals surface area contributed by atoms with Crippen molar-refractivity contribution in [2.24, 2.45) is 0 Å². The standard InChI is InChI=1S/C14H14BrNO3.2C2H6/c1-8-14(12(17)3-2-4-13(18)19)10-6-5-9(15)7-11(10)16-8;2*1-2/h5-7,16H,2-4H2,1H3,(H,18,19);2*1-2H3. The molecule has 1 aromatic heterocycles. The van der Waals surface area contributed by atoms with Gasteiger partial charge in [-0.3, -0.25) is 9.59 Å². The largest absolute Gasteiger partial charge is 0.481 e. The number of benzene rings is 1. The van der Waals surface area contributed by atoms with Crippen molar-refractivity contribution in [3.05, 3.63) is 33.9 Å². The summed E-state index contributed by atoms with van der Waals surface area (Å²) in [6.45, 7) is 9.86. The summed E-state index contributed by atoms with van der Waals surface area (Å²) in [6, 6.07) is 5.72. The molecule has 0 spiro atoms. The second-order valence-corrected chi connectivity index (χ2v) is 5.40. The van der Waals surface area contributed by atoms with Crippen LogP contribution in [0.25, 0.3) is 10.9 Å². The molecule has 0 amide bonds. The molecule has 0 atom stereocenters. The summed E-state index contributed by atoms with van der Waals surface area (Å²) in [5.74, 6) is -0.875. The molecule has 1 heterocycles. The minimum absolute atomic E-state index is 0.00711. The van der Waals surface area contributed by atoms with Crippen molar-refractivity contribution in [3.63, 3.8) is 0 Å². The van der Waals surface area contributed by atoms with E-state index in [1.807, 2.05) is 52.8 Å². The number of nitrogens with one attached hydrogen (secondary N) is 1. The number of halogens is 1. The zero-order valence-corrected chi connectivity index (χ0v) is 16.1. The Morgan fingerprint density at radius 2 is 1.74 bits per heavy atom. The lowest BCUT2D eigenvalue weighted by Gasteiger charge is -2.00. The number of carbonyl (C=O) groups is 2. The second-order valence-electron chi connectivity index (χ2n) is 4.49. The summed E-state index contributed by atoms with van der Waals surface area (Å²) in [5.41, 5.74) is 2.41. The molecule has 128 valence electrons. The van der Waals surface area contributed by atoms with E-state index in [0.717, 1.165) is 21.1 Å². The predicted molar refractivity (Wildman–Crippen MR) is 99.2 cm³/mol.